The molecular weight excluding hydrogens is 188 g/mol. The normalized spacial score (nSPS) is 13.1. The zero-order chi connectivity index (χ0) is 11.3. The quantitative estimate of drug-likeness (QED) is 0.702. The Morgan fingerprint density at radius 3 is 2.20 bits per heavy atom. The molecule has 0 saturated heterocycles. The maximum Gasteiger partial charge on any atom is 0.161 e. The zero-order valence-corrected chi connectivity index (χ0v) is 10.0. The average Bonchev–Trinajstić information content (AvgIpc) is 2.31. The second kappa shape index (κ2) is 5.64. The van der Waals surface area contributed by atoms with Crippen molar-refractivity contribution in [3.8, 4) is 11.5 Å². The van der Waals surface area contributed by atoms with Crippen LogP contribution in [0.25, 0.3) is 0 Å². The summed E-state index contributed by atoms with van der Waals surface area (Å²) in [4.78, 5) is 0. The summed E-state index contributed by atoms with van der Waals surface area (Å²) in [7, 11) is 0. The molecule has 84 valence electrons. The van der Waals surface area contributed by atoms with Crippen LogP contribution in [0.1, 0.15) is 39.2 Å². The molecule has 0 fully saturated rings. The molecule has 1 aliphatic heterocycles. The van der Waals surface area contributed by atoms with E-state index in [4.69, 9.17) is 9.47 Å². The summed E-state index contributed by atoms with van der Waals surface area (Å²) in [6.07, 6.45) is 0. The van der Waals surface area contributed by atoms with Crippen LogP contribution in [0.4, 0.5) is 0 Å². The Labute approximate surface area is 92.2 Å². The summed E-state index contributed by atoms with van der Waals surface area (Å²) in [5.74, 6) is 2.30. The summed E-state index contributed by atoms with van der Waals surface area (Å²) in [5, 5.41) is 0. The van der Waals surface area contributed by atoms with Gasteiger partial charge in [-0.15, -0.1) is 0 Å². The molecule has 0 spiro atoms. The third kappa shape index (κ3) is 2.88. The first-order valence-corrected chi connectivity index (χ1v) is 5.67. The topological polar surface area (TPSA) is 18.5 Å². The number of hydrogen-bond donors (Lipinski definition) is 0. The van der Waals surface area contributed by atoms with E-state index in [1.165, 1.54) is 5.56 Å². The van der Waals surface area contributed by atoms with Gasteiger partial charge < -0.3 is 9.47 Å². The number of rotatable bonds is 1. The molecule has 1 heterocycles. The molecule has 0 aromatic heterocycles. The second-order valence-corrected chi connectivity index (χ2v) is 3.56. The van der Waals surface area contributed by atoms with Crippen LogP contribution in [-0.4, -0.2) is 13.2 Å². The van der Waals surface area contributed by atoms with Crippen LogP contribution in [0, 0.1) is 0 Å². The SMILES string of the molecule is CC.CC(C)c1ccc2c(c1)OCCO2. The van der Waals surface area contributed by atoms with Gasteiger partial charge in [-0.2, -0.15) is 0 Å². The van der Waals surface area contributed by atoms with Gasteiger partial charge in [0.2, 0.25) is 0 Å². The van der Waals surface area contributed by atoms with Gasteiger partial charge in [0.05, 0.1) is 0 Å². The van der Waals surface area contributed by atoms with Crippen molar-refractivity contribution in [3.63, 3.8) is 0 Å². The Morgan fingerprint density at radius 1 is 1.00 bits per heavy atom. The predicted molar refractivity (Wildman–Crippen MR) is 62.9 cm³/mol. The van der Waals surface area contributed by atoms with E-state index in [0.717, 1.165) is 11.5 Å². The number of ether oxygens (including phenoxy) is 2. The Bertz CT molecular complexity index is 305. The fourth-order valence-electron chi connectivity index (χ4n) is 1.42. The minimum atomic E-state index is 0.538. The van der Waals surface area contributed by atoms with Gasteiger partial charge in [0.25, 0.3) is 0 Å². The minimum absolute atomic E-state index is 0.538. The highest BCUT2D eigenvalue weighted by Crippen LogP contribution is 2.32. The number of fused-ring (bicyclic) bond motifs is 1. The first-order valence-electron chi connectivity index (χ1n) is 5.67. The first kappa shape index (κ1) is 11.9. The molecule has 0 N–H and O–H groups in total. The largest absolute Gasteiger partial charge is 0.486 e. The lowest BCUT2D eigenvalue weighted by atomic mass is 10.0. The van der Waals surface area contributed by atoms with Gasteiger partial charge in [-0.1, -0.05) is 33.8 Å². The molecule has 2 heteroatoms. The fourth-order valence-corrected chi connectivity index (χ4v) is 1.42. The van der Waals surface area contributed by atoms with Gasteiger partial charge in [-0.3, -0.25) is 0 Å². The van der Waals surface area contributed by atoms with Gasteiger partial charge in [-0.25, -0.2) is 0 Å². The van der Waals surface area contributed by atoms with Crippen molar-refractivity contribution >= 4 is 0 Å². The van der Waals surface area contributed by atoms with Crippen molar-refractivity contribution < 1.29 is 9.47 Å². The molecular formula is C13H20O2. The highest BCUT2D eigenvalue weighted by molar-refractivity contribution is 5.44. The summed E-state index contributed by atoms with van der Waals surface area (Å²) in [6, 6.07) is 6.15. The summed E-state index contributed by atoms with van der Waals surface area (Å²) < 4.78 is 10.9. The Balaban J connectivity index is 0.000000531. The molecule has 1 aliphatic rings. The van der Waals surface area contributed by atoms with E-state index in [9.17, 15) is 0 Å². The maximum absolute atomic E-state index is 5.49. The standard InChI is InChI=1S/C11H14O2.C2H6/c1-8(2)9-3-4-10-11(7-9)13-6-5-12-10;1-2/h3-4,7-8H,5-6H2,1-2H3;1-2H3. The van der Waals surface area contributed by atoms with Gasteiger partial charge in [0, 0.05) is 0 Å². The van der Waals surface area contributed by atoms with Crippen molar-refractivity contribution in [3.05, 3.63) is 23.8 Å². The van der Waals surface area contributed by atoms with E-state index in [1.54, 1.807) is 0 Å². The van der Waals surface area contributed by atoms with Crippen molar-refractivity contribution in [2.45, 2.75) is 33.6 Å². The van der Waals surface area contributed by atoms with E-state index in [1.807, 2.05) is 19.9 Å². The molecule has 1 aromatic carbocycles. The monoisotopic (exact) mass is 208 g/mol. The van der Waals surface area contributed by atoms with E-state index in [2.05, 4.69) is 26.0 Å². The average molecular weight is 208 g/mol. The minimum Gasteiger partial charge on any atom is -0.486 e. The summed E-state index contributed by atoms with van der Waals surface area (Å²) in [6.45, 7) is 9.67. The third-order valence-corrected chi connectivity index (χ3v) is 2.23. The molecule has 0 saturated carbocycles. The Hall–Kier alpha value is -1.18. The second-order valence-electron chi connectivity index (χ2n) is 3.56. The van der Waals surface area contributed by atoms with Crippen molar-refractivity contribution in [1.29, 1.82) is 0 Å². The van der Waals surface area contributed by atoms with Crippen LogP contribution < -0.4 is 9.47 Å². The predicted octanol–water partition coefficient (Wildman–Crippen LogP) is 3.61. The highest BCUT2D eigenvalue weighted by atomic mass is 16.6. The number of hydrogen-bond acceptors (Lipinski definition) is 2. The molecule has 1 aromatic rings. The van der Waals surface area contributed by atoms with Crippen LogP contribution in [0.3, 0.4) is 0 Å². The van der Waals surface area contributed by atoms with Gasteiger partial charge >= 0.3 is 0 Å². The molecule has 2 rings (SSSR count). The smallest absolute Gasteiger partial charge is 0.161 e. The molecule has 0 atom stereocenters. The van der Waals surface area contributed by atoms with Crippen LogP contribution in [0.2, 0.25) is 0 Å². The van der Waals surface area contributed by atoms with E-state index in [0.29, 0.717) is 19.1 Å². The van der Waals surface area contributed by atoms with Crippen LogP contribution in [0.5, 0.6) is 11.5 Å². The molecule has 2 nitrogen and oxygen atoms in total. The molecule has 0 unspecified atom stereocenters. The molecule has 0 aliphatic carbocycles. The van der Waals surface area contributed by atoms with Crippen LogP contribution >= 0.6 is 0 Å². The van der Waals surface area contributed by atoms with Gasteiger partial charge in [-0.05, 0) is 23.6 Å². The van der Waals surface area contributed by atoms with E-state index >= 15 is 0 Å². The van der Waals surface area contributed by atoms with Crippen molar-refractivity contribution in [1.82, 2.24) is 0 Å². The lowest BCUT2D eigenvalue weighted by molar-refractivity contribution is 0.171. The molecule has 0 bridgehead atoms. The van der Waals surface area contributed by atoms with E-state index < -0.39 is 0 Å². The highest BCUT2D eigenvalue weighted by Gasteiger charge is 2.12. The Kier molecular flexibility index (Phi) is 4.47. The number of benzene rings is 1. The van der Waals surface area contributed by atoms with Crippen LogP contribution in [0.15, 0.2) is 18.2 Å². The van der Waals surface area contributed by atoms with Crippen molar-refractivity contribution in [2.75, 3.05) is 13.2 Å². The van der Waals surface area contributed by atoms with Gasteiger partial charge in [0.15, 0.2) is 11.5 Å². The summed E-state index contributed by atoms with van der Waals surface area (Å²) in [5.41, 5.74) is 1.30. The molecule has 15 heavy (non-hydrogen) atoms. The Morgan fingerprint density at radius 2 is 1.60 bits per heavy atom. The summed E-state index contributed by atoms with van der Waals surface area (Å²) >= 11 is 0. The van der Waals surface area contributed by atoms with E-state index in [-0.39, 0.29) is 0 Å². The molecule has 0 radical (unpaired) electrons. The zero-order valence-electron chi connectivity index (χ0n) is 10.0. The maximum atomic E-state index is 5.49. The fraction of sp³-hybridized carbons (Fsp3) is 0.538. The first-order chi connectivity index (χ1) is 7.27. The third-order valence-electron chi connectivity index (χ3n) is 2.23. The van der Waals surface area contributed by atoms with Crippen molar-refractivity contribution in [2.24, 2.45) is 0 Å². The van der Waals surface area contributed by atoms with Gasteiger partial charge in [0.1, 0.15) is 13.2 Å². The molecule has 0 amide bonds. The lowest BCUT2D eigenvalue weighted by Gasteiger charge is -2.19. The lowest BCUT2D eigenvalue weighted by Crippen LogP contribution is -2.15. The van der Waals surface area contributed by atoms with Crippen LogP contribution in [-0.2, 0) is 0 Å².